The molecule has 1 heterocycles. The molecule has 2 nitrogen and oxygen atoms in total. The Morgan fingerprint density at radius 2 is 2.07 bits per heavy atom. The molecule has 0 saturated carbocycles. The van der Waals surface area contributed by atoms with E-state index in [1.807, 2.05) is 6.20 Å². The average molecular weight is 225 g/mol. The molecule has 0 amide bonds. The molecule has 0 unspecified atom stereocenters. The average Bonchev–Trinajstić information content (AvgIpc) is 2.54. The van der Waals surface area contributed by atoms with Gasteiger partial charge in [0, 0.05) is 31.4 Å². The van der Waals surface area contributed by atoms with Gasteiger partial charge in [0.05, 0.1) is 0 Å². The molecule has 0 N–H and O–H groups in total. The maximum absolute atomic E-state index is 6.09. The highest BCUT2D eigenvalue weighted by Crippen LogP contribution is 2.36. The molecule has 0 bridgehead atoms. The summed E-state index contributed by atoms with van der Waals surface area (Å²) in [5.74, 6) is 0. The van der Waals surface area contributed by atoms with Gasteiger partial charge in [-0.1, -0.05) is 26.8 Å². The summed E-state index contributed by atoms with van der Waals surface area (Å²) in [6.45, 7) is 12.2. The van der Waals surface area contributed by atoms with Crippen molar-refractivity contribution in [3.8, 4) is 0 Å². The van der Waals surface area contributed by atoms with Gasteiger partial charge in [-0.05, 0) is 18.1 Å². The summed E-state index contributed by atoms with van der Waals surface area (Å²) in [6, 6.07) is 0. The smallest absolute Gasteiger partial charge is 0.191 e. The number of aliphatic imine (C=N–C) groups is 1. The van der Waals surface area contributed by atoms with Crippen molar-refractivity contribution in [1.29, 1.82) is 0 Å². The molecule has 0 spiro atoms. The number of nitrogens with zero attached hydrogens (tertiary/aromatic N) is 1. The van der Waals surface area contributed by atoms with Crippen LogP contribution in [-0.2, 0) is 4.43 Å². The quantitative estimate of drug-likeness (QED) is 0.668. The van der Waals surface area contributed by atoms with Gasteiger partial charge in [-0.15, -0.1) is 0 Å². The fourth-order valence-corrected chi connectivity index (χ4v) is 2.25. The fraction of sp³-hybridized carbons (Fsp3) is 0.750. The Morgan fingerprint density at radius 3 is 2.53 bits per heavy atom. The van der Waals surface area contributed by atoms with Crippen LogP contribution in [0, 0.1) is 0 Å². The highest BCUT2D eigenvalue weighted by molar-refractivity contribution is 6.74. The zero-order chi connectivity index (χ0) is 11.5. The zero-order valence-corrected chi connectivity index (χ0v) is 11.6. The molecular weight excluding hydrogens is 202 g/mol. The van der Waals surface area contributed by atoms with E-state index in [4.69, 9.17) is 4.43 Å². The van der Waals surface area contributed by atoms with Crippen molar-refractivity contribution in [2.24, 2.45) is 4.99 Å². The molecule has 0 aromatic heterocycles. The van der Waals surface area contributed by atoms with Gasteiger partial charge in [0.1, 0.15) is 0 Å². The maximum Gasteiger partial charge on any atom is 0.191 e. The van der Waals surface area contributed by atoms with E-state index in [9.17, 15) is 0 Å². The van der Waals surface area contributed by atoms with Gasteiger partial charge in [-0.2, -0.15) is 0 Å². The van der Waals surface area contributed by atoms with E-state index in [2.05, 4.69) is 44.9 Å². The Morgan fingerprint density at radius 1 is 1.40 bits per heavy atom. The highest BCUT2D eigenvalue weighted by Gasteiger charge is 2.36. The lowest BCUT2D eigenvalue weighted by molar-refractivity contribution is 0.298. The van der Waals surface area contributed by atoms with Gasteiger partial charge in [-0.3, -0.25) is 4.99 Å². The second-order valence-electron chi connectivity index (χ2n) is 5.64. The summed E-state index contributed by atoms with van der Waals surface area (Å²) in [6.07, 6.45) is 5.99. The first-order valence-electron chi connectivity index (χ1n) is 5.67. The van der Waals surface area contributed by atoms with Crippen LogP contribution in [0.5, 0.6) is 0 Å². The van der Waals surface area contributed by atoms with E-state index in [-0.39, 0.29) is 0 Å². The van der Waals surface area contributed by atoms with Crippen molar-refractivity contribution in [2.45, 2.75) is 51.7 Å². The topological polar surface area (TPSA) is 21.6 Å². The second-order valence-corrected chi connectivity index (χ2v) is 10.5. The molecule has 0 saturated heterocycles. The van der Waals surface area contributed by atoms with E-state index < -0.39 is 8.32 Å². The molecule has 0 aromatic rings. The molecule has 0 fully saturated rings. The van der Waals surface area contributed by atoms with E-state index >= 15 is 0 Å². The Balaban J connectivity index is 2.31. The summed E-state index contributed by atoms with van der Waals surface area (Å²) in [5, 5.41) is 0.308. The second kappa shape index (κ2) is 4.62. The molecule has 3 heteroatoms. The molecule has 86 valence electrons. The normalized spacial score (nSPS) is 17.0. The molecule has 1 aliphatic rings. The van der Waals surface area contributed by atoms with E-state index in [1.165, 1.54) is 5.71 Å². The van der Waals surface area contributed by atoms with Crippen LogP contribution >= 0.6 is 0 Å². The molecule has 15 heavy (non-hydrogen) atoms. The van der Waals surface area contributed by atoms with Crippen LogP contribution < -0.4 is 0 Å². The zero-order valence-electron chi connectivity index (χ0n) is 10.6. The lowest BCUT2D eigenvalue weighted by Gasteiger charge is -2.36. The summed E-state index contributed by atoms with van der Waals surface area (Å²) in [7, 11) is -1.55. The maximum atomic E-state index is 6.09. The van der Waals surface area contributed by atoms with Crippen molar-refractivity contribution in [3.05, 3.63) is 12.3 Å². The molecule has 1 rings (SSSR count). The van der Waals surface area contributed by atoms with Gasteiger partial charge in [0.15, 0.2) is 8.32 Å². The van der Waals surface area contributed by atoms with Crippen molar-refractivity contribution in [2.75, 3.05) is 6.61 Å². The van der Waals surface area contributed by atoms with Crippen LogP contribution in [0.2, 0.25) is 18.1 Å². The first kappa shape index (κ1) is 12.7. The molecular formula is C12H23NOSi. The Bertz CT molecular complexity index is 274. The van der Waals surface area contributed by atoms with E-state index in [1.54, 1.807) is 0 Å². The summed E-state index contributed by atoms with van der Waals surface area (Å²) >= 11 is 0. The third kappa shape index (κ3) is 3.58. The van der Waals surface area contributed by atoms with Crippen molar-refractivity contribution >= 4 is 14.0 Å². The Kier molecular flexibility index (Phi) is 3.90. The standard InChI is InChI=1S/C12H23NOSi/c1-12(2,3)15(4,5)14-10-8-11-7-6-9-13-11/h6,9H,7-8,10H2,1-5H3. The van der Waals surface area contributed by atoms with Gasteiger partial charge in [-0.25, -0.2) is 0 Å². The van der Waals surface area contributed by atoms with Crippen molar-refractivity contribution in [3.63, 3.8) is 0 Å². The van der Waals surface area contributed by atoms with Crippen LogP contribution in [0.25, 0.3) is 0 Å². The Labute approximate surface area is 94.6 Å². The minimum Gasteiger partial charge on any atom is -0.416 e. The first-order valence-corrected chi connectivity index (χ1v) is 8.58. The van der Waals surface area contributed by atoms with Gasteiger partial charge >= 0.3 is 0 Å². The monoisotopic (exact) mass is 225 g/mol. The van der Waals surface area contributed by atoms with Gasteiger partial charge in [0.25, 0.3) is 0 Å². The van der Waals surface area contributed by atoms with Crippen molar-refractivity contribution in [1.82, 2.24) is 0 Å². The van der Waals surface area contributed by atoms with Crippen LogP contribution in [0.4, 0.5) is 0 Å². The first-order chi connectivity index (χ1) is 6.83. The fourth-order valence-electron chi connectivity index (χ4n) is 1.21. The number of hydrogen-bond donors (Lipinski definition) is 0. The summed E-state index contributed by atoms with van der Waals surface area (Å²) < 4.78 is 6.09. The molecule has 1 aliphatic heterocycles. The van der Waals surface area contributed by atoms with Gasteiger partial charge < -0.3 is 4.43 Å². The molecule has 0 aromatic carbocycles. The van der Waals surface area contributed by atoms with E-state index in [0.717, 1.165) is 19.4 Å². The molecule has 0 atom stereocenters. The van der Waals surface area contributed by atoms with Crippen LogP contribution in [0.15, 0.2) is 17.3 Å². The third-order valence-corrected chi connectivity index (χ3v) is 7.91. The summed E-state index contributed by atoms with van der Waals surface area (Å²) in [5.41, 5.74) is 1.26. The third-order valence-electron chi connectivity index (χ3n) is 3.38. The SMILES string of the molecule is CC(C)(C)[Si](C)(C)OCCC1=NC=CC1. The van der Waals surface area contributed by atoms with Crippen LogP contribution in [-0.4, -0.2) is 20.6 Å². The predicted octanol–water partition coefficient (Wildman–Crippen LogP) is 3.76. The van der Waals surface area contributed by atoms with Crippen molar-refractivity contribution < 1.29 is 4.43 Å². The summed E-state index contributed by atoms with van der Waals surface area (Å²) in [4.78, 5) is 4.29. The Hall–Kier alpha value is -0.413. The lowest BCUT2D eigenvalue weighted by atomic mass is 10.2. The van der Waals surface area contributed by atoms with E-state index in [0.29, 0.717) is 5.04 Å². The minimum absolute atomic E-state index is 0.308. The predicted molar refractivity (Wildman–Crippen MR) is 69.0 cm³/mol. The largest absolute Gasteiger partial charge is 0.416 e. The van der Waals surface area contributed by atoms with Crippen LogP contribution in [0.1, 0.15) is 33.6 Å². The lowest BCUT2D eigenvalue weighted by Crippen LogP contribution is -2.41. The number of rotatable bonds is 4. The van der Waals surface area contributed by atoms with Crippen LogP contribution in [0.3, 0.4) is 0 Å². The highest BCUT2D eigenvalue weighted by atomic mass is 28.4. The minimum atomic E-state index is -1.55. The van der Waals surface area contributed by atoms with Gasteiger partial charge in [0.2, 0.25) is 0 Å². The molecule has 0 radical (unpaired) electrons. The number of hydrogen-bond acceptors (Lipinski definition) is 2. The number of allylic oxidation sites excluding steroid dienone is 1. The molecule has 0 aliphatic carbocycles.